The average molecular weight is 465 g/mol. The Morgan fingerprint density at radius 3 is 2.61 bits per heavy atom. The molecule has 0 fully saturated rings. The first-order chi connectivity index (χ1) is 15.7. The number of nitrogens with two attached hydrogens (primary N) is 1. The van der Waals surface area contributed by atoms with Gasteiger partial charge in [0, 0.05) is 32.4 Å². The molecule has 0 radical (unpaired) electrons. The highest BCUT2D eigenvalue weighted by atomic mass is 19.4. The van der Waals surface area contributed by atoms with Gasteiger partial charge in [0.2, 0.25) is 0 Å². The summed E-state index contributed by atoms with van der Waals surface area (Å²) in [5.41, 5.74) is 7.96. The average Bonchev–Trinajstić information content (AvgIpc) is 3.13. The molecule has 1 aliphatic rings. The number of amides is 1. The normalized spacial score (nSPS) is 15.9. The van der Waals surface area contributed by atoms with E-state index in [2.05, 4.69) is 20.7 Å². The number of hydrogen-bond donors (Lipinski definition) is 5. The summed E-state index contributed by atoms with van der Waals surface area (Å²) in [5, 5.41) is 17.9. The van der Waals surface area contributed by atoms with E-state index in [0.29, 0.717) is 29.2 Å². The Hall–Kier alpha value is -3.60. The number of nitrogen functional groups attached to an aromatic ring is 1. The number of benzene rings is 2. The number of aliphatic hydroxyl groups excluding tert-OH is 1. The highest BCUT2D eigenvalue weighted by Gasteiger charge is 2.37. The van der Waals surface area contributed by atoms with Crippen LogP contribution in [0.15, 0.2) is 60.0 Å². The summed E-state index contributed by atoms with van der Waals surface area (Å²) in [7, 11) is 1.64. The minimum atomic E-state index is -4.82. The second-order valence-electron chi connectivity index (χ2n) is 7.34. The van der Waals surface area contributed by atoms with Gasteiger partial charge in [0.25, 0.3) is 5.91 Å². The van der Waals surface area contributed by atoms with E-state index >= 15 is 0 Å². The molecule has 3 rings (SSSR count). The second-order valence-corrected chi connectivity index (χ2v) is 7.34. The monoisotopic (exact) mass is 465 g/mol. The number of halogens is 3. The van der Waals surface area contributed by atoms with Crippen molar-refractivity contribution < 1.29 is 27.8 Å². The molecule has 178 valence electrons. The summed E-state index contributed by atoms with van der Waals surface area (Å²) in [6.07, 6.45) is -5.09. The fourth-order valence-electron chi connectivity index (χ4n) is 3.49. The van der Waals surface area contributed by atoms with Crippen molar-refractivity contribution in [2.24, 2.45) is 0 Å². The first-order valence-corrected chi connectivity index (χ1v) is 10.3. The number of alkyl halides is 3. The van der Waals surface area contributed by atoms with Crippen LogP contribution in [0.3, 0.4) is 0 Å². The van der Waals surface area contributed by atoms with E-state index in [9.17, 15) is 18.0 Å². The zero-order valence-corrected chi connectivity index (χ0v) is 17.9. The summed E-state index contributed by atoms with van der Waals surface area (Å²) in [4.78, 5) is 14.8. The highest BCUT2D eigenvalue weighted by molar-refractivity contribution is 5.94. The molecule has 33 heavy (non-hydrogen) atoms. The third-order valence-electron chi connectivity index (χ3n) is 4.94. The summed E-state index contributed by atoms with van der Waals surface area (Å²) in [6, 6.07) is 12.7. The van der Waals surface area contributed by atoms with E-state index in [1.165, 1.54) is 18.2 Å². The molecule has 8 nitrogen and oxygen atoms in total. The van der Waals surface area contributed by atoms with E-state index in [1.807, 2.05) is 12.1 Å². The number of aliphatic hydroxyl groups is 1. The molecule has 2 aromatic rings. The SMILES string of the molecule is CNC1=C(C(=O)NCCCO)N(Cc2ccc(N)cc2)C(c2cccc(OC(F)(F)F)c2)N1. The fraction of sp³-hybridized carbons (Fsp3) is 0.318. The Bertz CT molecular complexity index is 996. The van der Waals surface area contributed by atoms with Crippen molar-refractivity contribution in [3.8, 4) is 5.75 Å². The molecule has 1 atom stereocenters. The number of anilines is 1. The molecule has 0 spiro atoms. The van der Waals surface area contributed by atoms with E-state index in [4.69, 9.17) is 10.8 Å². The van der Waals surface area contributed by atoms with Crippen molar-refractivity contribution in [1.82, 2.24) is 20.9 Å². The third-order valence-corrected chi connectivity index (χ3v) is 4.94. The smallest absolute Gasteiger partial charge is 0.406 e. The molecular weight excluding hydrogens is 439 g/mol. The number of carbonyl (C=O) groups excluding carboxylic acids is 1. The standard InChI is InChI=1S/C22H26F3N5O3/c1-27-19-18(21(32)28-10-3-11-31)30(13-14-6-8-16(26)9-7-14)20(29-19)15-4-2-5-17(12-15)33-22(23,24)25/h2,4-9,12,20,27,29,31H,3,10-11,13,26H2,1H3,(H,28,32). The lowest BCUT2D eigenvalue weighted by atomic mass is 10.1. The molecule has 1 aliphatic heterocycles. The van der Waals surface area contributed by atoms with Crippen LogP contribution in [0, 0.1) is 0 Å². The summed E-state index contributed by atoms with van der Waals surface area (Å²) >= 11 is 0. The minimum absolute atomic E-state index is 0.0692. The third kappa shape index (κ3) is 6.22. The van der Waals surface area contributed by atoms with Crippen LogP contribution in [0.5, 0.6) is 5.75 Å². The maximum atomic E-state index is 13.0. The van der Waals surface area contributed by atoms with Crippen LogP contribution in [-0.2, 0) is 11.3 Å². The lowest BCUT2D eigenvalue weighted by Crippen LogP contribution is -2.36. The van der Waals surface area contributed by atoms with Crippen molar-refractivity contribution in [2.75, 3.05) is 25.9 Å². The van der Waals surface area contributed by atoms with Crippen LogP contribution in [0.2, 0.25) is 0 Å². The number of carbonyl (C=O) groups is 1. The number of nitrogens with zero attached hydrogens (tertiary/aromatic N) is 1. The van der Waals surface area contributed by atoms with Gasteiger partial charge in [-0.25, -0.2) is 0 Å². The van der Waals surface area contributed by atoms with Crippen LogP contribution >= 0.6 is 0 Å². The first kappa shape index (κ1) is 24.1. The number of nitrogens with one attached hydrogen (secondary N) is 3. The van der Waals surface area contributed by atoms with Crippen LogP contribution in [-0.4, -0.2) is 42.5 Å². The number of hydrogen-bond acceptors (Lipinski definition) is 7. The predicted octanol–water partition coefficient (Wildman–Crippen LogP) is 2.16. The Labute approximate surface area is 189 Å². The van der Waals surface area contributed by atoms with Crippen LogP contribution in [0.1, 0.15) is 23.7 Å². The van der Waals surface area contributed by atoms with Gasteiger partial charge in [0.05, 0.1) is 0 Å². The number of rotatable bonds is 9. The zero-order valence-electron chi connectivity index (χ0n) is 17.9. The Balaban J connectivity index is 1.96. The lowest BCUT2D eigenvalue weighted by Gasteiger charge is -2.29. The van der Waals surface area contributed by atoms with Gasteiger partial charge in [-0.3, -0.25) is 4.79 Å². The second kappa shape index (κ2) is 10.3. The molecular formula is C22H26F3N5O3. The molecule has 0 saturated heterocycles. The Kier molecular flexibility index (Phi) is 7.54. The van der Waals surface area contributed by atoms with Gasteiger partial charge in [-0.05, 0) is 41.8 Å². The largest absolute Gasteiger partial charge is 0.573 e. The van der Waals surface area contributed by atoms with E-state index < -0.39 is 12.5 Å². The topological polar surface area (TPSA) is 112 Å². The quantitative estimate of drug-likeness (QED) is 0.285. The van der Waals surface area contributed by atoms with Gasteiger partial charge in [0.15, 0.2) is 0 Å². The molecule has 0 aliphatic carbocycles. The summed E-state index contributed by atoms with van der Waals surface area (Å²) in [6.45, 7) is 0.474. The molecule has 6 N–H and O–H groups in total. The van der Waals surface area contributed by atoms with E-state index in [0.717, 1.165) is 5.56 Å². The molecule has 0 bridgehead atoms. The molecule has 1 heterocycles. The van der Waals surface area contributed by atoms with Crippen molar-refractivity contribution in [2.45, 2.75) is 25.5 Å². The molecule has 11 heteroatoms. The lowest BCUT2D eigenvalue weighted by molar-refractivity contribution is -0.274. The number of ether oxygens (including phenoxy) is 1. The van der Waals surface area contributed by atoms with Crippen molar-refractivity contribution >= 4 is 11.6 Å². The molecule has 2 aromatic carbocycles. The molecule has 0 aromatic heterocycles. The van der Waals surface area contributed by atoms with E-state index in [1.54, 1.807) is 30.1 Å². The zero-order chi connectivity index (χ0) is 24.0. The van der Waals surface area contributed by atoms with Crippen molar-refractivity contribution in [1.29, 1.82) is 0 Å². The maximum absolute atomic E-state index is 13.0. The van der Waals surface area contributed by atoms with Gasteiger partial charge in [-0.1, -0.05) is 24.3 Å². The van der Waals surface area contributed by atoms with Gasteiger partial charge in [0.1, 0.15) is 23.4 Å². The van der Waals surface area contributed by atoms with E-state index in [-0.39, 0.29) is 31.4 Å². The fourth-order valence-corrected chi connectivity index (χ4v) is 3.49. The maximum Gasteiger partial charge on any atom is 0.573 e. The molecule has 0 saturated carbocycles. The highest BCUT2D eigenvalue weighted by Crippen LogP contribution is 2.34. The van der Waals surface area contributed by atoms with Gasteiger partial charge in [-0.2, -0.15) is 0 Å². The van der Waals surface area contributed by atoms with Gasteiger partial charge in [-0.15, -0.1) is 13.2 Å². The summed E-state index contributed by atoms with van der Waals surface area (Å²) < 4.78 is 42.3. The van der Waals surface area contributed by atoms with Gasteiger partial charge >= 0.3 is 6.36 Å². The first-order valence-electron chi connectivity index (χ1n) is 10.3. The molecule has 1 amide bonds. The molecule has 1 unspecified atom stereocenters. The minimum Gasteiger partial charge on any atom is -0.406 e. The Morgan fingerprint density at radius 2 is 1.97 bits per heavy atom. The Morgan fingerprint density at radius 1 is 1.24 bits per heavy atom. The van der Waals surface area contributed by atoms with Crippen molar-refractivity contribution in [3.05, 3.63) is 71.2 Å². The van der Waals surface area contributed by atoms with Crippen LogP contribution in [0.25, 0.3) is 0 Å². The van der Waals surface area contributed by atoms with Gasteiger partial charge < -0.3 is 36.4 Å². The predicted molar refractivity (Wildman–Crippen MR) is 116 cm³/mol. The van der Waals surface area contributed by atoms with Crippen LogP contribution in [0.4, 0.5) is 18.9 Å². The van der Waals surface area contributed by atoms with Crippen LogP contribution < -0.4 is 26.4 Å². The van der Waals surface area contributed by atoms with Crippen molar-refractivity contribution in [3.63, 3.8) is 0 Å². The summed E-state index contributed by atoms with van der Waals surface area (Å²) in [5.74, 6) is -0.332.